The summed E-state index contributed by atoms with van der Waals surface area (Å²) >= 11 is 0. The quantitative estimate of drug-likeness (QED) is 0.609. The number of nitrogens with one attached hydrogen (secondary N) is 1. The van der Waals surface area contributed by atoms with Crippen LogP contribution < -0.4 is 15.0 Å². The van der Waals surface area contributed by atoms with Gasteiger partial charge >= 0.3 is 0 Å². The first-order valence-electron chi connectivity index (χ1n) is 12.0. The standard InChI is InChI=1S/C24H36N4O3/c1-2-25-20-18-23(29)28(24(20)30)13-7-12-26-14-16-27(17-15-26)21-10-5-6-11-22(21)31-19-8-3-4-9-19/h5-6,10-11,19-20,25H,2-4,7-9,12-18H2,1H3. The van der Waals surface area contributed by atoms with Crippen molar-refractivity contribution in [1.82, 2.24) is 15.1 Å². The Morgan fingerprint density at radius 3 is 2.52 bits per heavy atom. The van der Waals surface area contributed by atoms with E-state index in [0.29, 0.717) is 25.6 Å². The largest absolute Gasteiger partial charge is 0.488 e. The number of rotatable bonds is 9. The second-order valence-corrected chi connectivity index (χ2v) is 8.87. The van der Waals surface area contributed by atoms with Gasteiger partial charge in [0, 0.05) is 32.7 Å². The molecule has 1 saturated carbocycles. The Bertz CT molecular complexity index is 757. The number of benzene rings is 1. The van der Waals surface area contributed by atoms with Crippen LogP contribution in [0.1, 0.15) is 45.4 Å². The normalized spacial score (nSPS) is 23.2. The minimum Gasteiger partial charge on any atom is -0.488 e. The van der Waals surface area contributed by atoms with E-state index in [0.717, 1.165) is 44.9 Å². The average Bonchev–Trinajstić information content (AvgIpc) is 3.38. The Labute approximate surface area is 185 Å². The number of carbonyl (C=O) groups is 2. The molecule has 2 saturated heterocycles. The molecule has 1 aromatic carbocycles. The van der Waals surface area contributed by atoms with Gasteiger partial charge in [-0.15, -0.1) is 0 Å². The van der Waals surface area contributed by atoms with Crippen molar-refractivity contribution in [3.8, 4) is 5.75 Å². The van der Waals surface area contributed by atoms with Crippen LogP contribution in [0, 0.1) is 0 Å². The molecule has 2 amide bonds. The minimum atomic E-state index is -0.326. The number of amides is 2. The number of likely N-dealkylation sites (tertiary alicyclic amines) is 1. The summed E-state index contributed by atoms with van der Waals surface area (Å²) in [5.41, 5.74) is 1.21. The van der Waals surface area contributed by atoms with Crippen molar-refractivity contribution in [2.24, 2.45) is 0 Å². The number of hydrogen-bond acceptors (Lipinski definition) is 6. The topological polar surface area (TPSA) is 65.1 Å². The first-order valence-corrected chi connectivity index (χ1v) is 12.0. The molecule has 3 aliphatic rings. The number of likely N-dealkylation sites (N-methyl/N-ethyl adjacent to an activating group) is 1. The zero-order valence-electron chi connectivity index (χ0n) is 18.7. The van der Waals surface area contributed by atoms with E-state index in [9.17, 15) is 9.59 Å². The highest BCUT2D eigenvalue weighted by Gasteiger charge is 2.37. The number of piperazine rings is 1. The summed E-state index contributed by atoms with van der Waals surface area (Å²) in [6.07, 6.45) is 6.38. The maximum absolute atomic E-state index is 12.4. The van der Waals surface area contributed by atoms with Gasteiger partial charge in [0.05, 0.1) is 24.3 Å². The molecule has 2 aliphatic heterocycles. The third-order valence-electron chi connectivity index (χ3n) is 6.72. The van der Waals surface area contributed by atoms with E-state index in [2.05, 4.69) is 39.4 Å². The van der Waals surface area contributed by atoms with E-state index in [4.69, 9.17) is 4.74 Å². The minimum absolute atomic E-state index is 0.0420. The van der Waals surface area contributed by atoms with Gasteiger partial charge in [-0.05, 0) is 57.3 Å². The Morgan fingerprint density at radius 1 is 1.03 bits per heavy atom. The van der Waals surface area contributed by atoms with E-state index in [-0.39, 0.29) is 17.9 Å². The van der Waals surface area contributed by atoms with E-state index in [1.165, 1.54) is 36.3 Å². The Kier molecular flexibility index (Phi) is 7.45. The molecule has 170 valence electrons. The summed E-state index contributed by atoms with van der Waals surface area (Å²) in [5.74, 6) is 0.916. The fraction of sp³-hybridized carbons (Fsp3) is 0.667. The van der Waals surface area contributed by atoms with Crippen LogP contribution in [0.4, 0.5) is 5.69 Å². The van der Waals surface area contributed by atoms with Crippen LogP contribution in [0.15, 0.2) is 24.3 Å². The molecule has 0 spiro atoms. The molecule has 0 aromatic heterocycles. The SMILES string of the molecule is CCNC1CC(=O)N(CCCN2CCN(c3ccccc3OC3CCCC3)CC2)C1=O. The number of imide groups is 1. The fourth-order valence-electron chi connectivity index (χ4n) is 4.99. The van der Waals surface area contributed by atoms with Crippen molar-refractivity contribution >= 4 is 17.5 Å². The van der Waals surface area contributed by atoms with Crippen LogP contribution in [-0.4, -0.2) is 79.6 Å². The number of ether oxygens (including phenoxy) is 1. The molecular weight excluding hydrogens is 392 g/mol. The lowest BCUT2D eigenvalue weighted by molar-refractivity contribution is -0.138. The molecule has 2 heterocycles. The van der Waals surface area contributed by atoms with Crippen molar-refractivity contribution in [2.45, 2.75) is 57.6 Å². The van der Waals surface area contributed by atoms with Crippen molar-refractivity contribution in [3.63, 3.8) is 0 Å². The van der Waals surface area contributed by atoms with Gasteiger partial charge in [-0.25, -0.2) is 0 Å². The Balaban J connectivity index is 1.23. The van der Waals surface area contributed by atoms with Gasteiger partial charge in [0.15, 0.2) is 0 Å². The summed E-state index contributed by atoms with van der Waals surface area (Å²) in [5, 5.41) is 3.10. The maximum atomic E-state index is 12.4. The van der Waals surface area contributed by atoms with Crippen LogP contribution in [0.3, 0.4) is 0 Å². The maximum Gasteiger partial charge on any atom is 0.246 e. The van der Waals surface area contributed by atoms with E-state index in [1.54, 1.807) is 0 Å². The van der Waals surface area contributed by atoms with Crippen LogP contribution in [0.5, 0.6) is 5.75 Å². The molecule has 1 aliphatic carbocycles. The van der Waals surface area contributed by atoms with Crippen molar-refractivity contribution in [3.05, 3.63) is 24.3 Å². The summed E-state index contributed by atoms with van der Waals surface area (Å²) in [7, 11) is 0. The van der Waals surface area contributed by atoms with Gasteiger partial charge in [0.25, 0.3) is 0 Å². The predicted octanol–water partition coefficient (Wildman–Crippen LogP) is 2.26. The lowest BCUT2D eigenvalue weighted by atomic mass is 10.2. The van der Waals surface area contributed by atoms with Crippen molar-refractivity contribution < 1.29 is 14.3 Å². The molecule has 0 radical (unpaired) electrons. The molecule has 7 heteroatoms. The molecule has 4 rings (SSSR count). The second-order valence-electron chi connectivity index (χ2n) is 8.87. The lowest BCUT2D eigenvalue weighted by Crippen LogP contribution is -2.47. The number of anilines is 1. The highest BCUT2D eigenvalue weighted by Crippen LogP contribution is 2.32. The molecule has 0 bridgehead atoms. The second kappa shape index (κ2) is 10.5. The first-order chi connectivity index (χ1) is 15.2. The number of nitrogens with zero attached hydrogens (tertiary/aromatic N) is 3. The summed E-state index contributed by atoms with van der Waals surface area (Å²) in [6, 6.07) is 8.10. The van der Waals surface area contributed by atoms with Gasteiger partial charge in [0.1, 0.15) is 5.75 Å². The third-order valence-corrected chi connectivity index (χ3v) is 6.72. The monoisotopic (exact) mass is 428 g/mol. The van der Waals surface area contributed by atoms with Gasteiger partial charge in [-0.2, -0.15) is 0 Å². The Morgan fingerprint density at radius 2 is 1.77 bits per heavy atom. The molecule has 1 unspecified atom stereocenters. The zero-order valence-corrected chi connectivity index (χ0v) is 18.7. The highest BCUT2D eigenvalue weighted by atomic mass is 16.5. The summed E-state index contributed by atoms with van der Waals surface area (Å²) in [6.45, 7) is 8.01. The molecular formula is C24H36N4O3. The highest BCUT2D eigenvalue weighted by molar-refractivity contribution is 6.05. The number of para-hydroxylation sites is 2. The van der Waals surface area contributed by atoms with Crippen LogP contribution in [-0.2, 0) is 9.59 Å². The first kappa shape index (κ1) is 22.1. The number of carbonyl (C=O) groups excluding carboxylic acids is 2. The zero-order chi connectivity index (χ0) is 21.6. The van der Waals surface area contributed by atoms with E-state index >= 15 is 0 Å². The fourth-order valence-corrected chi connectivity index (χ4v) is 4.99. The summed E-state index contributed by atoms with van der Waals surface area (Å²) < 4.78 is 6.32. The predicted molar refractivity (Wildman–Crippen MR) is 121 cm³/mol. The van der Waals surface area contributed by atoms with Crippen LogP contribution in [0.2, 0.25) is 0 Å². The van der Waals surface area contributed by atoms with Gasteiger partial charge < -0.3 is 15.0 Å². The molecule has 31 heavy (non-hydrogen) atoms. The van der Waals surface area contributed by atoms with Gasteiger partial charge in [-0.1, -0.05) is 19.1 Å². The molecule has 3 fully saturated rings. The smallest absolute Gasteiger partial charge is 0.246 e. The molecule has 7 nitrogen and oxygen atoms in total. The van der Waals surface area contributed by atoms with E-state index < -0.39 is 0 Å². The number of hydrogen-bond donors (Lipinski definition) is 1. The molecule has 1 aromatic rings. The summed E-state index contributed by atoms with van der Waals surface area (Å²) in [4.78, 5) is 30.8. The molecule has 1 N–H and O–H groups in total. The van der Waals surface area contributed by atoms with Gasteiger partial charge in [-0.3, -0.25) is 19.4 Å². The Hall–Kier alpha value is -2.12. The van der Waals surface area contributed by atoms with Crippen molar-refractivity contribution in [1.29, 1.82) is 0 Å². The average molecular weight is 429 g/mol. The van der Waals surface area contributed by atoms with E-state index in [1.807, 2.05) is 6.92 Å². The van der Waals surface area contributed by atoms with Crippen LogP contribution in [0.25, 0.3) is 0 Å². The third kappa shape index (κ3) is 5.39. The van der Waals surface area contributed by atoms with Crippen molar-refractivity contribution in [2.75, 3.05) is 50.7 Å². The van der Waals surface area contributed by atoms with Gasteiger partial charge in [0.2, 0.25) is 11.8 Å². The van der Waals surface area contributed by atoms with Crippen LogP contribution >= 0.6 is 0 Å². The molecule has 1 atom stereocenters. The lowest BCUT2D eigenvalue weighted by Gasteiger charge is -2.37.